The van der Waals surface area contributed by atoms with Crippen molar-refractivity contribution in [3.05, 3.63) is 63.9 Å². The van der Waals surface area contributed by atoms with Crippen molar-refractivity contribution in [2.24, 2.45) is 5.73 Å². The van der Waals surface area contributed by atoms with Crippen LogP contribution in [0.1, 0.15) is 11.1 Å². The molecule has 104 valence electrons. The Balaban J connectivity index is 2.09. The molecule has 0 saturated carbocycles. The number of hydrogen-bond acceptors (Lipinski definition) is 2. The van der Waals surface area contributed by atoms with Crippen LogP contribution in [0.25, 0.3) is 0 Å². The summed E-state index contributed by atoms with van der Waals surface area (Å²) in [5.74, 6) is -0.526. The Morgan fingerprint density at radius 2 is 1.90 bits per heavy atom. The van der Waals surface area contributed by atoms with Crippen molar-refractivity contribution in [3.63, 3.8) is 0 Å². The summed E-state index contributed by atoms with van der Waals surface area (Å²) in [5, 5.41) is 2.74. The lowest BCUT2D eigenvalue weighted by molar-refractivity contribution is -0.115. The van der Waals surface area contributed by atoms with Gasteiger partial charge in [0.1, 0.15) is 5.82 Å². The van der Waals surface area contributed by atoms with Crippen molar-refractivity contribution >= 4 is 27.5 Å². The van der Waals surface area contributed by atoms with Crippen LogP contribution < -0.4 is 11.1 Å². The predicted molar refractivity (Wildman–Crippen MR) is 80.8 cm³/mol. The first-order valence-electron chi connectivity index (χ1n) is 6.12. The predicted octanol–water partition coefficient (Wildman–Crippen LogP) is 3.23. The van der Waals surface area contributed by atoms with Gasteiger partial charge in [-0.3, -0.25) is 4.79 Å². The molecule has 2 aromatic carbocycles. The fourth-order valence-corrected chi connectivity index (χ4v) is 2.34. The Kier molecular flexibility index (Phi) is 4.87. The van der Waals surface area contributed by atoms with Gasteiger partial charge in [-0.15, -0.1) is 0 Å². The van der Waals surface area contributed by atoms with Crippen molar-refractivity contribution in [1.82, 2.24) is 0 Å². The highest BCUT2D eigenvalue weighted by Gasteiger charge is 2.09. The van der Waals surface area contributed by atoms with Crippen LogP contribution in [0.5, 0.6) is 0 Å². The lowest BCUT2D eigenvalue weighted by Gasteiger charge is -2.10. The summed E-state index contributed by atoms with van der Waals surface area (Å²) in [4.78, 5) is 12.0. The lowest BCUT2D eigenvalue weighted by Crippen LogP contribution is -2.16. The van der Waals surface area contributed by atoms with Gasteiger partial charge in [0, 0.05) is 11.0 Å². The Morgan fingerprint density at radius 3 is 2.55 bits per heavy atom. The van der Waals surface area contributed by atoms with Crippen LogP contribution in [0, 0.1) is 5.82 Å². The molecule has 0 unspecified atom stereocenters. The van der Waals surface area contributed by atoms with Gasteiger partial charge in [0.2, 0.25) is 5.91 Å². The molecular formula is C15H14BrFN2O. The van der Waals surface area contributed by atoms with E-state index in [0.717, 1.165) is 11.1 Å². The molecule has 3 N–H and O–H groups in total. The molecule has 0 aliphatic heterocycles. The molecule has 0 atom stereocenters. The number of carbonyl (C=O) groups is 1. The Bertz CT molecular complexity index is 631. The largest absolute Gasteiger partial charge is 0.326 e. The van der Waals surface area contributed by atoms with Crippen LogP contribution in [0.3, 0.4) is 0 Å². The van der Waals surface area contributed by atoms with Gasteiger partial charge < -0.3 is 11.1 Å². The molecule has 0 aromatic heterocycles. The van der Waals surface area contributed by atoms with Crippen molar-refractivity contribution in [1.29, 1.82) is 0 Å². The van der Waals surface area contributed by atoms with Gasteiger partial charge in [-0.2, -0.15) is 0 Å². The van der Waals surface area contributed by atoms with E-state index < -0.39 is 0 Å². The fourth-order valence-electron chi connectivity index (χ4n) is 1.89. The zero-order chi connectivity index (χ0) is 14.5. The molecule has 2 aromatic rings. The molecule has 0 radical (unpaired) electrons. The molecule has 0 spiro atoms. The highest BCUT2D eigenvalue weighted by Crippen LogP contribution is 2.23. The summed E-state index contributed by atoms with van der Waals surface area (Å²) in [6.45, 7) is 0.393. The molecule has 0 heterocycles. The smallest absolute Gasteiger partial charge is 0.228 e. The summed E-state index contributed by atoms with van der Waals surface area (Å²) < 4.78 is 13.5. The molecule has 0 bridgehead atoms. The van der Waals surface area contributed by atoms with E-state index >= 15 is 0 Å². The van der Waals surface area contributed by atoms with Gasteiger partial charge in [-0.05, 0) is 45.3 Å². The molecule has 1 amide bonds. The van der Waals surface area contributed by atoms with Crippen molar-refractivity contribution in [2.75, 3.05) is 5.32 Å². The number of carbonyl (C=O) groups excluding carboxylic acids is 1. The third-order valence-electron chi connectivity index (χ3n) is 2.89. The first-order chi connectivity index (χ1) is 9.60. The summed E-state index contributed by atoms with van der Waals surface area (Å²) in [6, 6.07) is 11.7. The molecule has 0 aliphatic rings. The number of rotatable bonds is 4. The first-order valence-corrected chi connectivity index (χ1v) is 6.91. The number of amides is 1. The number of halogens is 2. The molecule has 3 nitrogen and oxygen atoms in total. The zero-order valence-corrected chi connectivity index (χ0v) is 12.3. The standard InChI is InChI=1S/C15H14BrFN2O/c16-13-8-12(17)5-6-14(13)19-15(20)7-10-3-1-2-4-11(10)9-18/h1-6,8H,7,9,18H2,(H,19,20). The van der Waals surface area contributed by atoms with Gasteiger partial charge in [0.25, 0.3) is 0 Å². The number of benzene rings is 2. The quantitative estimate of drug-likeness (QED) is 0.900. The maximum atomic E-state index is 13.0. The second-order valence-electron chi connectivity index (χ2n) is 4.32. The third kappa shape index (κ3) is 3.65. The Hall–Kier alpha value is -1.72. The van der Waals surface area contributed by atoms with E-state index in [1.165, 1.54) is 18.2 Å². The third-order valence-corrected chi connectivity index (χ3v) is 3.55. The Labute approximate surface area is 125 Å². The van der Waals surface area contributed by atoms with Crippen LogP contribution in [0.4, 0.5) is 10.1 Å². The Morgan fingerprint density at radius 1 is 1.20 bits per heavy atom. The fraction of sp³-hybridized carbons (Fsp3) is 0.133. The highest BCUT2D eigenvalue weighted by atomic mass is 79.9. The van der Waals surface area contributed by atoms with E-state index in [1.54, 1.807) is 0 Å². The molecule has 0 aliphatic carbocycles. The van der Waals surface area contributed by atoms with E-state index in [-0.39, 0.29) is 18.1 Å². The summed E-state index contributed by atoms with van der Waals surface area (Å²) in [7, 11) is 0. The number of hydrogen-bond donors (Lipinski definition) is 2. The van der Waals surface area contributed by atoms with E-state index in [1.807, 2.05) is 24.3 Å². The number of nitrogens with one attached hydrogen (secondary N) is 1. The molecule has 5 heteroatoms. The van der Waals surface area contributed by atoms with Crippen LogP contribution in [0.15, 0.2) is 46.9 Å². The second kappa shape index (κ2) is 6.63. The van der Waals surface area contributed by atoms with Gasteiger partial charge >= 0.3 is 0 Å². The van der Waals surface area contributed by atoms with Gasteiger partial charge in [0.05, 0.1) is 12.1 Å². The number of anilines is 1. The van der Waals surface area contributed by atoms with E-state index in [0.29, 0.717) is 16.7 Å². The van der Waals surface area contributed by atoms with Gasteiger partial charge in [-0.1, -0.05) is 24.3 Å². The van der Waals surface area contributed by atoms with E-state index in [2.05, 4.69) is 21.2 Å². The number of nitrogens with two attached hydrogens (primary N) is 1. The summed E-state index contributed by atoms with van der Waals surface area (Å²) in [5.41, 5.74) is 8.02. The van der Waals surface area contributed by atoms with Crippen molar-refractivity contribution in [2.45, 2.75) is 13.0 Å². The topological polar surface area (TPSA) is 55.1 Å². The second-order valence-corrected chi connectivity index (χ2v) is 5.18. The maximum absolute atomic E-state index is 13.0. The van der Waals surface area contributed by atoms with Gasteiger partial charge in [0.15, 0.2) is 0 Å². The average molecular weight is 337 g/mol. The van der Waals surface area contributed by atoms with Crippen LogP contribution in [-0.2, 0) is 17.8 Å². The summed E-state index contributed by atoms with van der Waals surface area (Å²) in [6.07, 6.45) is 0.233. The lowest BCUT2D eigenvalue weighted by atomic mass is 10.0. The molecule has 0 fully saturated rings. The van der Waals surface area contributed by atoms with Crippen molar-refractivity contribution < 1.29 is 9.18 Å². The van der Waals surface area contributed by atoms with E-state index in [4.69, 9.17) is 5.73 Å². The molecule has 0 saturated heterocycles. The minimum Gasteiger partial charge on any atom is -0.326 e. The highest BCUT2D eigenvalue weighted by molar-refractivity contribution is 9.10. The summed E-state index contributed by atoms with van der Waals surface area (Å²) >= 11 is 3.21. The monoisotopic (exact) mass is 336 g/mol. The van der Waals surface area contributed by atoms with Crippen molar-refractivity contribution in [3.8, 4) is 0 Å². The van der Waals surface area contributed by atoms with Crippen LogP contribution >= 0.6 is 15.9 Å². The normalized spacial score (nSPS) is 10.3. The van der Waals surface area contributed by atoms with E-state index in [9.17, 15) is 9.18 Å². The molecule has 2 rings (SSSR count). The van der Waals surface area contributed by atoms with Gasteiger partial charge in [-0.25, -0.2) is 4.39 Å². The van der Waals surface area contributed by atoms with Crippen LogP contribution in [0.2, 0.25) is 0 Å². The minimum absolute atomic E-state index is 0.168. The maximum Gasteiger partial charge on any atom is 0.228 e. The molecule has 20 heavy (non-hydrogen) atoms. The minimum atomic E-state index is -0.358. The zero-order valence-electron chi connectivity index (χ0n) is 10.7. The SMILES string of the molecule is NCc1ccccc1CC(=O)Nc1ccc(F)cc1Br. The first kappa shape index (κ1) is 14.7. The average Bonchev–Trinajstić information content (AvgIpc) is 2.42. The molecular weight excluding hydrogens is 323 g/mol. The van der Waals surface area contributed by atoms with Crippen LogP contribution in [-0.4, -0.2) is 5.91 Å².